The molecular weight excluding hydrogens is 232 g/mol. The van der Waals surface area contributed by atoms with Crippen molar-refractivity contribution in [1.29, 1.82) is 0 Å². The minimum Gasteiger partial charge on any atom is -0.508 e. The maximum absolute atomic E-state index is 9.26. The molecule has 2 aromatic carbocycles. The lowest BCUT2D eigenvalue weighted by atomic mass is 10.0. The molecule has 0 bridgehead atoms. The summed E-state index contributed by atoms with van der Waals surface area (Å²) in [5.41, 5.74) is 3.99. The molecule has 100 valence electrons. The summed E-state index contributed by atoms with van der Waals surface area (Å²) in [5.74, 6) is 0.329. The number of benzene rings is 2. The molecule has 0 saturated carbocycles. The Kier molecular flexibility index (Phi) is 5.02. The Morgan fingerprint density at radius 1 is 0.737 bits per heavy atom. The summed E-state index contributed by atoms with van der Waals surface area (Å²) in [4.78, 5) is 0. The topological polar surface area (TPSA) is 20.2 Å². The normalized spacial score (nSPS) is 10.6. The summed E-state index contributed by atoms with van der Waals surface area (Å²) >= 11 is 0. The molecule has 0 unspecified atom stereocenters. The Hall–Kier alpha value is -1.76. The van der Waals surface area contributed by atoms with E-state index in [0.29, 0.717) is 5.75 Å². The summed E-state index contributed by atoms with van der Waals surface area (Å²) in [7, 11) is 0. The zero-order valence-electron chi connectivity index (χ0n) is 11.6. The summed E-state index contributed by atoms with van der Waals surface area (Å²) in [6, 6.07) is 16.4. The zero-order chi connectivity index (χ0) is 13.5. The van der Waals surface area contributed by atoms with Crippen molar-refractivity contribution >= 4 is 0 Å². The predicted octanol–water partition coefficient (Wildman–Crippen LogP) is 4.72. The minimum atomic E-state index is 0.329. The number of hydrogen-bond donors (Lipinski definition) is 1. The Balaban J connectivity index is 1.92. The van der Waals surface area contributed by atoms with Crippen LogP contribution in [0.1, 0.15) is 42.9 Å². The smallest absolute Gasteiger partial charge is 0.115 e. The van der Waals surface area contributed by atoms with Gasteiger partial charge in [0.2, 0.25) is 0 Å². The average molecular weight is 254 g/mol. The third-order valence-corrected chi connectivity index (χ3v) is 3.44. The van der Waals surface area contributed by atoms with Crippen LogP contribution in [0.5, 0.6) is 5.75 Å². The highest BCUT2D eigenvalue weighted by Crippen LogP contribution is 2.15. The second kappa shape index (κ2) is 6.98. The van der Waals surface area contributed by atoms with Crippen molar-refractivity contribution in [3.8, 4) is 5.75 Å². The van der Waals surface area contributed by atoms with Gasteiger partial charge in [0.1, 0.15) is 5.75 Å². The van der Waals surface area contributed by atoms with Gasteiger partial charge in [-0.05, 0) is 48.1 Å². The first-order valence-electron chi connectivity index (χ1n) is 7.13. The van der Waals surface area contributed by atoms with E-state index in [4.69, 9.17) is 0 Å². The van der Waals surface area contributed by atoms with Crippen LogP contribution < -0.4 is 0 Å². The van der Waals surface area contributed by atoms with Crippen molar-refractivity contribution < 1.29 is 5.11 Å². The molecule has 1 N–H and O–H groups in total. The standard InChI is InChI=1S/C18H22O/c1-2-3-4-5-15-6-8-16(9-7-15)14-17-10-12-18(19)13-11-17/h6-13,19H,2-5,14H2,1H3. The zero-order valence-corrected chi connectivity index (χ0v) is 11.6. The Morgan fingerprint density at radius 3 is 1.84 bits per heavy atom. The van der Waals surface area contributed by atoms with Gasteiger partial charge in [-0.3, -0.25) is 0 Å². The maximum atomic E-state index is 9.26. The molecule has 1 heteroatoms. The lowest BCUT2D eigenvalue weighted by molar-refractivity contribution is 0.475. The van der Waals surface area contributed by atoms with Gasteiger partial charge in [-0.15, -0.1) is 0 Å². The lowest BCUT2D eigenvalue weighted by Crippen LogP contribution is -1.90. The van der Waals surface area contributed by atoms with E-state index in [2.05, 4.69) is 31.2 Å². The van der Waals surface area contributed by atoms with Crippen LogP contribution in [0.2, 0.25) is 0 Å². The SMILES string of the molecule is CCCCCc1ccc(Cc2ccc(O)cc2)cc1. The van der Waals surface area contributed by atoms with Gasteiger partial charge in [0.15, 0.2) is 0 Å². The van der Waals surface area contributed by atoms with Gasteiger partial charge in [-0.25, -0.2) is 0 Å². The first-order valence-corrected chi connectivity index (χ1v) is 7.13. The van der Waals surface area contributed by atoms with E-state index in [0.717, 1.165) is 6.42 Å². The molecule has 19 heavy (non-hydrogen) atoms. The van der Waals surface area contributed by atoms with E-state index in [1.807, 2.05) is 12.1 Å². The molecule has 0 heterocycles. The molecular formula is C18H22O. The van der Waals surface area contributed by atoms with Crippen LogP contribution in [-0.4, -0.2) is 5.11 Å². The fourth-order valence-corrected chi connectivity index (χ4v) is 2.25. The number of aryl methyl sites for hydroxylation is 1. The highest BCUT2D eigenvalue weighted by atomic mass is 16.3. The van der Waals surface area contributed by atoms with Gasteiger partial charge >= 0.3 is 0 Å². The van der Waals surface area contributed by atoms with Crippen LogP contribution >= 0.6 is 0 Å². The fraction of sp³-hybridized carbons (Fsp3) is 0.333. The van der Waals surface area contributed by atoms with Gasteiger partial charge in [-0.2, -0.15) is 0 Å². The van der Waals surface area contributed by atoms with E-state index < -0.39 is 0 Å². The number of unbranched alkanes of at least 4 members (excludes halogenated alkanes) is 2. The molecule has 0 aliphatic carbocycles. The first-order chi connectivity index (χ1) is 9.28. The van der Waals surface area contributed by atoms with Crippen molar-refractivity contribution in [3.05, 3.63) is 65.2 Å². The maximum Gasteiger partial charge on any atom is 0.115 e. The molecule has 0 radical (unpaired) electrons. The molecule has 2 aromatic rings. The fourth-order valence-electron chi connectivity index (χ4n) is 2.25. The van der Waals surface area contributed by atoms with Crippen LogP contribution in [0.25, 0.3) is 0 Å². The molecule has 0 spiro atoms. The lowest BCUT2D eigenvalue weighted by Gasteiger charge is -2.05. The van der Waals surface area contributed by atoms with E-state index in [-0.39, 0.29) is 0 Å². The minimum absolute atomic E-state index is 0.329. The van der Waals surface area contributed by atoms with Crippen LogP contribution in [0.4, 0.5) is 0 Å². The van der Waals surface area contributed by atoms with Crippen LogP contribution in [-0.2, 0) is 12.8 Å². The predicted molar refractivity (Wildman–Crippen MR) is 80.6 cm³/mol. The van der Waals surface area contributed by atoms with Crippen molar-refractivity contribution in [1.82, 2.24) is 0 Å². The van der Waals surface area contributed by atoms with E-state index >= 15 is 0 Å². The van der Waals surface area contributed by atoms with Crippen LogP contribution in [0.15, 0.2) is 48.5 Å². The van der Waals surface area contributed by atoms with Gasteiger partial charge in [0.05, 0.1) is 0 Å². The number of rotatable bonds is 6. The van der Waals surface area contributed by atoms with Crippen LogP contribution in [0.3, 0.4) is 0 Å². The number of aromatic hydroxyl groups is 1. The van der Waals surface area contributed by atoms with Gasteiger partial charge < -0.3 is 5.11 Å². The van der Waals surface area contributed by atoms with E-state index in [9.17, 15) is 5.11 Å². The highest BCUT2D eigenvalue weighted by Gasteiger charge is 1.98. The van der Waals surface area contributed by atoms with Crippen LogP contribution in [0, 0.1) is 0 Å². The third kappa shape index (κ3) is 4.44. The molecule has 0 fully saturated rings. The second-order valence-corrected chi connectivity index (χ2v) is 5.12. The van der Waals surface area contributed by atoms with Crippen molar-refractivity contribution in [2.45, 2.75) is 39.0 Å². The van der Waals surface area contributed by atoms with Crippen molar-refractivity contribution in [2.24, 2.45) is 0 Å². The second-order valence-electron chi connectivity index (χ2n) is 5.12. The summed E-state index contributed by atoms with van der Waals surface area (Å²) < 4.78 is 0. The Labute approximate surface area is 115 Å². The summed E-state index contributed by atoms with van der Waals surface area (Å²) in [6.45, 7) is 2.24. The average Bonchev–Trinajstić information content (AvgIpc) is 2.44. The monoisotopic (exact) mass is 254 g/mol. The number of phenols is 1. The quantitative estimate of drug-likeness (QED) is 0.740. The van der Waals surface area contributed by atoms with E-state index in [1.165, 1.54) is 42.4 Å². The van der Waals surface area contributed by atoms with E-state index in [1.54, 1.807) is 12.1 Å². The number of hydrogen-bond acceptors (Lipinski definition) is 1. The molecule has 0 aliphatic rings. The molecule has 0 saturated heterocycles. The van der Waals surface area contributed by atoms with Gasteiger partial charge in [0, 0.05) is 0 Å². The largest absolute Gasteiger partial charge is 0.508 e. The first kappa shape index (κ1) is 13.7. The summed E-state index contributed by atoms with van der Waals surface area (Å²) in [6.07, 6.45) is 5.99. The third-order valence-electron chi connectivity index (χ3n) is 3.44. The molecule has 2 rings (SSSR count). The number of phenolic OH excluding ortho intramolecular Hbond substituents is 1. The Bertz CT molecular complexity index is 482. The molecule has 1 nitrogen and oxygen atoms in total. The molecule has 0 atom stereocenters. The molecule has 0 amide bonds. The molecule has 0 aromatic heterocycles. The summed E-state index contributed by atoms with van der Waals surface area (Å²) in [5, 5.41) is 9.26. The van der Waals surface area contributed by atoms with Crippen molar-refractivity contribution in [3.63, 3.8) is 0 Å². The Morgan fingerprint density at radius 2 is 1.26 bits per heavy atom. The molecule has 0 aliphatic heterocycles. The van der Waals surface area contributed by atoms with Crippen molar-refractivity contribution in [2.75, 3.05) is 0 Å². The van der Waals surface area contributed by atoms with Gasteiger partial charge in [0.25, 0.3) is 0 Å². The van der Waals surface area contributed by atoms with Gasteiger partial charge in [-0.1, -0.05) is 56.2 Å². The highest BCUT2D eigenvalue weighted by molar-refractivity contribution is 5.32.